The van der Waals surface area contributed by atoms with Crippen LogP contribution in [0, 0.1) is 0 Å². The molecule has 2 atom stereocenters. The number of ether oxygens (including phenoxy) is 1. The molecule has 7 nitrogen and oxygen atoms in total. The van der Waals surface area contributed by atoms with E-state index in [1.807, 2.05) is 57.7 Å². The largest absolute Gasteiger partial charge is 0.457 e. The molecule has 1 aliphatic heterocycles. The van der Waals surface area contributed by atoms with Crippen molar-refractivity contribution in [1.29, 1.82) is 0 Å². The fraction of sp³-hybridized carbons (Fsp3) is 0.227. The first-order valence-corrected chi connectivity index (χ1v) is 10.9. The molecule has 9 heteroatoms. The van der Waals surface area contributed by atoms with E-state index in [1.54, 1.807) is 4.68 Å². The minimum atomic E-state index is -1.04. The molecule has 2 aromatic carbocycles. The summed E-state index contributed by atoms with van der Waals surface area (Å²) in [5.41, 5.74) is 8.23. The monoisotopic (exact) mass is 530 g/mol. The van der Waals surface area contributed by atoms with Gasteiger partial charge in [-0.2, -0.15) is 5.10 Å². The van der Waals surface area contributed by atoms with Crippen LogP contribution in [-0.2, 0) is 0 Å². The van der Waals surface area contributed by atoms with Crippen molar-refractivity contribution in [2.24, 2.45) is 0 Å². The summed E-state index contributed by atoms with van der Waals surface area (Å²) in [5.74, 6) is 1.80. The van der Waals surface area contributed by atoms with Crippen LogP contribution in [0.15, 0.2) is 60.9 Å². The molecule has 2 N–H and O–H groups in total. The maximum Gasteiger partial charge on any atom is 0.164 e. The second-order valence-electron chi connectivity index (χ2n) is 7.43. The molecule has 5 rings (SSSR count). The van der Waals surface area contributed by atoms with Crippen LogP contribution >= 0.6 is 22.9 Å². The fourth-order valence-corrected chi connectivity index (χ4v) is 4.52. The first kappa shape index (κ1) is 20.1. The predicted octanol–water partition coefficient (Wildman–Crippen LogP) is 4.80. The van der Waals surface area contributed by atoms with Crippen LogP contribution in [0.5, 0.6) is 11.5 Å². The van der Waals surface area contributed by atoms with Gasteiger partial charge in [-0.3, -0.25) is 0 Å². The molecule has 2 unspecified atom stereocenters. The number of nitrogens with two attached hydrogens (primary N) is 1. The molecular formula is C22H20FIN6O. The van der Waals surface area contributed by atoms with Gasteiger partial charge in [0.15, 0.2) is 5.65 Å². The van der Waals surface area contributed by atoms with E-state index in [0.717, 1.165) is 17.9 Å². The van der Waals surface area contributed by atoms with Gasteiger partial charge in [-0.25, -0.2) is 22.2 Å². The van der Waals surface area contributed by atoms with Gasteiger partial charge in [0.25, 0.3) is 0 Å². The smallest absolute Gasteiger partial charge is 0.164 e. The lowest BCUT2D eigenvalue weighted by molar-refractivity contribution is 0.145. The Kier molecular flexibility index (Phi) is 5.45. The summed E-state index contributed by atoms with van der Waals surface area (Å²) in [5, 5.41) is 5.41. The van der Waals surface area contributed by atoms with Crippen LogP contribution in [0.25, 0.3) is 22.3 Å². The lowest BCUT2D eigenvalue weighted by atomic mass is 10.1. The van der Waals surface area contributed by atoms with Crippen LogP contribution in [-0.4, -0.2) is 42.1 Å². The van der Waals surface area contributed by atoms with Crippen molar-refractivity contribution >= 4 is 39.7 Å². The van der Waals surface area contributed by atoms with E-state index < -0.39 is 12.2 Å². The van der Waals surface area contributed by atoms with Crippen molar-refractivity contribution in [3.05, 3.63) is 60.9 Å². The number of halogens is 2. The molecule has 1 saturated heterocycles. The Morgan fingerprint density at radius 2 is 1.77 bits per heavy atom. The van der Waals surface area contributed by atoms with Crippen LogP contribution in [0.4, 0.5) is 10.2 Å². The van der Waals surface area contributed by atoms with E-state index in [2.05, 4.69) is 32.8 Å². The zero-order valence-electron chi connectivity index (χ0n) is 16.5. The lowest BCUT2D eigenvalue weighted by Gasteiger charge is -2.31. The van der Waals surface area contributed by atoms with Crippen molar-refractivity contribution in [2.45, 2.75) is 18.6 Å². The molecule has 3 heterocycles. The molecule has 0 aliphatic carbocycles. The standard InChI is InChI=1S/C22H20FIN6O/c23-17-12-29(24)11-10-18(17)30-22-19(21(25)26-13-27-22)20(28-30)14-6-8-16(9-7-14)31-15-4-2-1-3-5-15/h1-9,13,17-18H,10-12H2,(H2,25,26,27). The van der Waals surface area contributed by atoms with Crippen LogP contribution in [0.1, 0.15) is 12.5 Å². The summed E-state index contributed by atoms with van der Waals surface area (Å²) in [4.78, 5) is 8.53. The highest BCUT2D eigenvalue weighted by Gasteiger charge is 2.33. The van der Waals surface area contributed by atoms with E-state index >= 15 is 0 Å². The van der Waals surface area contributed by atoms with Gasteiger partial charge in [-0.05, 0) is 42.8 Å². The van der Waals surface area contributed by atoms with Crippen molar-refractivity contribution in [2.75, 3.05) is 18.8 Å². The summed E-state index contributed by atoms with van der Waals surface area (Å²) < 4.78 is 24.4. The number of fused-ring (bicyclic) bond motifs is 1. The van der Waals surface area contributed by atoms with Crippen molar-refractivity contribution in [1.82, 2.24) is 22.9 Å². The average molecular weight is 530 g/mol. The first-order valence-electron chi connectivity index (χ1n) is 9.97. The van der Waals surface area contributed by atoms with E-state index in [9.17, 15) is 4.39 Å². The highest BCUT2D eigenvalue weighted by molar-refractivity contribution is 14.1. The SMILES string of the molecule is Nc1ncnc2c1c(-c1ccc(Oc3ccccc3)cc1)nn2C1CCN(I)CC1F. The Hall–Kier alpha value is -2.79. The zero-order valence-corrected chi connectivity index (χ0v) is 18.7. The Morgan fingerprint density at radius 3 is 2.52 bits per heavy atom. The summed E-state index contributed by atoms with van der Waals surface area (Å²) >= 11 is 2.16. The van der Waals surface area contributed by atoms with Crippen molar-refractivity contribution in [3.8, 4) is 22.8 Å². The van der Waals surface area contributed by atoms with Gasteiger partial charge < -0.3 is 10.5 Å². The summed E-state index contributed by atoms with van der Waals surface area (Å²) in [6.07, 6.45) is 1.00. The quantitative estimate of drug-likeness (QED) is 0.302. The number of nitrogens with zero attached hydrogens (tertiary/aromatic N) is 5. The number of hydrogen-bond acceptors (Lipinski definition) is 6. The van der Waals surface area contributed by atoms with Crippen LogP contribution in [0.2, 0.25) is 0 Å². The van der Waals surface area contributed by atoms with Crippen LogP contribution in [0.3, 0.4) is 0 Å². The molecule has 0 radical (unpaired) electrons. The molecule has 31 heavy (non-hydrogen) atoms. The molecule has 0 spiro atoms. The molecule has 158 valence electrons. The highest BCUT2D eigenvalue weighted by atomic mass is 127. The summed E-state index contributed by atoms with van der Waals surface area (Å²) in [7, 11) is 0. The normalized spacial score (nSPS) is 19.5. The van der Waals surface area contributed by atoms with Gasteiger partial charge >= 0.3 is 0 Å². The second-order valence-corrected chi connectivity index (χ2v) is 8.80. The molecule has 1 aliphatic rings. The molecule has 0 saturated carbocycles. The van der Waals surface area contributed by atoms with Crippen molar-refractivity contribution < 1.29 is 9.13 Å². The number of hydrogen-bond donors (Lipinski definition) is 1. The Bertz CT molecular complexity index is 1200. The summed E-state index contributed by atoms with van der Waals surface area (Å²) in [6.45, 7) is 1.14. The molecule has 4 aromatic rings. The number of alkyl halides is 1. The average Bonchev–Trinajstić information content (AvgIpc) is 3.16. The molecular weight excluding hydrogens is 510 g/mol. The van der Waals surface area contributed by atoms with E-state index in [1.165, 1.54) is 6.33 Å². The van der Waals surface area contributed by atoms with E-state index in [-0.39, 0.29) is 0 Å². The second kappa shape index (κ2) is 8.39. The molecule has 1 fully saturated rings. The Morgan fingerprint density at radius 1 is 1.03 bits per heavy atom. The third-order valence-electron chi connectivity index (χ3n) is 5.40. The number of aromatic nitrogens is 4. The van der Waals surface area contributed by atoms with Gasteiger partial charge in [-0.1, -0.05) is 18.2 Å². The Balaban J connectivity index is 1.53. The summed E-state index contributed by atoms with van der Waals surface area (Å²) in [6, 6.07) is 16.8. The van der Waals surface area contributed by atoms with Gasteiger partial charge in [0.2, 0.25) is 0 Å². The van der Waals surface area contributed by atoms with Gasteiger partial charge in [0, 0.05) is 41.5 Å². The highest BCUT2D eigenvalue weighted by Crippen LogP contribution is 2.36. The molecule has 2 aromatic heterocycles. The van der Waals surface area contributed by atoms with Crippen molar-refractivity contribution in [3.63, 3.8) is 0 Å². The predicted molar refractivity (Wildman–Crippen MR) is 126 cm³/mol. The lowest BCUT2D eigenvalue weighted by Crippen LogP contribution is -2.38. The number of piperidine rings is 1. The van der Waals surface area contributed by atoms with Crippen LogP contribution < -0.4 is 10.5 Å². The Labute approximate surface area is 192 Å². The zero-order chi connectivity index (χ0) is 21.4. The maximum absolute atomic E-state index is 14.9. The number of rotatable bonds is 4. The number of para-hydroxylation sites is 1. The van der Waals surface area contributed by atoms with Gasteiger partial charge in [0.05, 0.1) is 11.4 Å². The van der Waals surface area contributed by atoms with Gasteiger partial charge in [-0.15, -0.1) is 0 Å². The first-order chi connectivity index (χ1) is 15.1. The number of nitrogen functional groups attached to an aromatic ring is 1. The topological polar surface area (TPSA) is 82.1 Å². The third kappa shape index (κ3) is 3.94. The molecule has 0 amide bonds. The molecule has 0 bridgehead atoms. The fourth-order valence-electron chi connectivity index (χ4n) is 3.87. The number of benzene rings is 2. The third-order valence-corrected chi connectivity index (χ3v) is 6.27. The van der Waals surface area contributed by atoms with Gasteiger partial charge in [0.1, 0.15) is 35.5 Å². The minimum Gasteiger partial charge on any atom is -0.457 e. The van der Waals surface area contributed by atoms with E-state index in [0.29, 0.717) is 41.3 Å². The van der Waals surface area contributed by atoms with E-state index in [4.69, 9.17) is 15.6 Å². The minimum absolute atomic E-state index is 0.331. The maximum atomic E-state index is 14.9. The number of anilines is 1.